The predicted molar refractivity (Wildman–Crippen MR) is 103 cm³/mol. The van der Waals surface area contributed by atoms with E-state index in [4.69, 9.17) is 11.6 Å². The molecule has 0 spiro atoms. The highest BCUT2D eigenvalue weighted by Crippen LogP contribution is 2.32. The summed E-state index contributed by atoms with van der Waals surface area (Å²) in [5.74, 6) is 0.0582. The Kier molecular flexibility index (Phi) is 5.84. The van der Waals surface area contributed by atoms with Gasteiger partial charge in [0.1, 0.15) is 11.5 Å². The molecule has 0 atom stereocenters. The number of alkyl halides is 3. The Morgan fingerprint density at radius 1 is 0.964 bits per heavy atom. The van der Waals surface area contributed by atoms with E-state index in [1.54, 1.807) is 30.3 Å². The lowest BCUT2D eigenvalue weighted by Crippen LogP contribution is -2.10. The largest absolute Gasteiger partial charge is 0.433 e. The summed E-state index contributed by atoms with van der Waals surface area (Å²) in [6.07, 6.45) is -3.89. The molecule has 0 amide bonds. The number of rotatable bonds is 5. The third kappa shape index (κ3) is 5.20. The van der Waals surface area contributed by atoms with Crippen molar-refractivity contribution in [3.8, 4) is 11.3 Å². The van der Waals surface area contributed by atoms with E-state index in [2.05, 4.69) is 4.98 Å². The van der Waals surface area contributed by atoms with Gasteiger partial charge in [-0.15, -0.1) is 0 Å². The zero-order chi connectivity index (χ0) is 20.3. The maximum atomic E-state index is 13.3. The van der Waals surface area contributed by atoms with Crippen molar-refractivity contribution in [3.05, 3.63) is 88.1 Å². The van der Waals surface area contributed by atoms with Crippen molar-refractivity contribution in [2.45, 2.75) is 25.9 Å². The van der Waals surface area contributed by atoms with Crippen molar-refractivity contribution in [3.63, 3.8) is 0 Å². The SMILES string of the molecule is CC(=O)Cc1ccc(Cc2cc(-c3cccc(Cl)c3)nc(C(F)(F)F)c2)cc1. The number of ketones is 1. The van der Waals surface area contributed by atoms with Crippen LogP contribution in [0.3, 0.4) is 0 Å². The summed E-state index contributed by atoms with van der Waals surface area (Å²) in [6.45, 7) is 1.51. The highest BCUT2D eigenvalue weighted by molar-refractivity contribution is 6.30. The van der Waals surface area contributed by atoms with E-state index < -0.39 is 11.9 Å². The van der Waals surface area contributed by atoms with Gasteiger partial charge in [-0.1, -0.05) is 48.0 Å². The van der Waals surface area contributed by atoms with Gasteiger partial charge in [-0.25, -0.2) is 4.98 Å². The van der Waals surface area contributed by atoms with Crippen LogP contribution >= 0.6 is 11.6 Å². The first-order valence-electron chi connectivity index (χ1n) is 8.62. The lowest BCUT2D eigenvalue weighted by molar-refractivity contribution is -0.141. The first kappa shape index (κ1) is 20.1. The van der Waals surface area contributed by atoms with E-state index in [1.807, 2.05) is 24.3 Å². The molecule has 0 aliphatic carbocycles. The number of hydrogen-bond acceptors (Lipinski definition) is 2. The zero-order valence-electron chi connectivity index (χ0n) is 15.1. The van der Waals surface area contributed by atoms with E-state index in [-0.39, 0.29) is 11.5 Å². The number of carbonyl (C=O) groups excluding carboxylic acids is 1. The minimum absolute atomic E-state index is 0.0582. The fraction of sp³-hybridized carbons (Fsp3) is 0.182. The number of carbonyl (C=O) groups is 1. The van der Waals surface area contributed by atoms with Crippen LogP contribution in [-0.2, 0) is 23.8 Å². The monoisotopic (exact) mass is 403 g/mol. The molecule has 2 aromatic carbocycles. The third-order valence-corrected chi connectivity index (χ3v) is 4.42. The molecule has 28 heavy (non-hydrogen) atoms. The van der Waals surface area contributed by atoms with Crippen LogP contribution < -0.4 is 0 Å². The third-order valence-electron chi connectivity index (χ3n) is 4.18. The summed E-state index contributed by atoms with van der Waals surface area (Å²) in [6, 6.07) is 16.6. The van der Waals surface area contributed by atoms with Gasteiger partial charge in [-0.2, -0.15) is 13.2 Å². The average molecular weight is 404 g/mol. The molecule has 0 saturated carbocycles. The van der Waals surface area contributed by atoms with Gasteiger partial charge < -0.3 is 0 Å². The van der Waals surface area contributed by atoms with Crippen LogP contribution in [0.15, 0.2) is 60.7 Å². The van der Waals surface area contributed by atoms with Crippen LogP contribution in [0.1, 0.15) is 29.3 Å². The summed E-state index contributed by atoms with van der Waals surface area (Å²) < 4.78 is 40.0. The van der Waals surface area contributed by atoms with E-state index in [9.17, 15) is 18.0 Å². The van der Waals surface area contributed by atoms with Gasteiger partial charge in [0.15, 0.2) is 0 Å². The normalized spacial score (nSPS) is 11.5. The van der Waals surface area contributed by atoms with Crippen molar-refractivity contribution in [1.82, 2.24) is 4.98 Å². The molecule has 1 aromatic heterocycles. The second-order valence-electron chi connectivity index (χ2n) is 6.63. The van der Waals surface area contributed by atoms with Gasteiger partial charge in [0, 0.05) is 17.0 Å². The standard InChI is InChI=1S/C22H17ClF3NO/c1-14(28)9-15-5-7-16(8-6-15)10-17-11-20(18-3-2-4-19(23)13-18)27-21(12-17)22(24,25)26/h2-8,11-13H,9-10H2,1H3. The second kappa shape index (κ2) is 8.15. The second-order valence-corrected chi connectivity index (χ2v) is 7.06. The lowest BCUT2D eigenvalue weighted by atomic mass is 10.00. The van der Waals surface area contributed by atoms with Gasteiger partial charge in [-0.3, -0.25) is 4.79 Å². The highest BCUT2D eigenvalue weighted by atomic mass is 35.5. The molecule has 0 saturated heterocycles. The summed E-state index contributed by atoms with van der Waals surface area (Å²) in [7, 11) is 0. The van der Waals surface area contributed by atoms with Gasteiger partial charge >= 0.3 is 6.18 Å². The van der Waals surface area contributed by atoms with Crippen LogP contribution in [0.2, 0.25) is 5.02 Å². The van der Waals surface area contributed by atoms with E-state index in [0.29, 0.717) is 29.0 Å². The van der Waals surface area contributed by atoms with Gasteiger partial charge in [-0.05, 0) is 54.3 Å². The first-order chi connectivity index (χ1) is 13.2. The van der Waals surface area contributed by atoms with Gasteiger partial charge in [0.25, 0.3) is 0 Å². The molecular weight excluding hydrogens is 387 g/mol. The smallest absolute Gasteiger partial charge is 0.300 e. The minimum atomic E-state index is -4.55. The molecule has 144 valence electrons. The maximum absolute atomic E-state index is 13.3. The summed E-state index contributed by atoms with van der Waals surface area (Å²) in [5.41, 5.74) is 2.03. The molecule has 0 bridgehead atoms. The van der Waals surface area contributed by atoms with E-state index >= 15 is 0 Å². The summed E-state index contributed by atoms with van der Waals surface area (Å²) in [4.78, 5) is 15.0. The van der Waals surface area contributed by atoms with Crippen LogP contribution in [0.25, 0.3) is 11.3 Å². The molecule has 3 aromatic rings. The first-order valence-corrected chi connectivity index (χ1v) is 9.00. The lowest BCUT2D eigenvalue weighted by Gasteiger charge is -2.12. The average Bonchev–Trinajstić information content (AvgIpc) is 2.62. The molecule has 0 fully saturated rings. The molecule has 0 radical (unpaired) electrons. The predicted octanol–water partition coefficient (Wildman–Crippen LogP) is 6.14. The Bertz CT molecular complexity index is 997. The summed E-state index contributed by atoms with van der Waals surface area (Å²) >= 11 is 5.97. The van der Waals surface area contributed by atoms with E-state index in [1.165, 1.54) is 6.92 Å². The topological polar surface area (TPSA) is 30.0 Å². The molecular formula is C22H17ClF3NO. The van der Waals surface area contributed by atoms with Crippen LogP contribution in [0, 0.1) is 0 Å². The van der Waals surface area contributed by atoms with Gasteiger partial charge in [0.05, 0.1) is 5.69 Å². The fourth-order valence-electron chi connectivity index (χ4n) is 2.93. The number of hydrogen-bond donors (Lipinski definition) is 0. The molecule has 0 aliphatic heterocycles. The zero-order valence-corrected chi connectivity index (χ0v) is 15.8. The molecule has 0 unspecified atom stereocenters. The molecule has 6 heteroatoms. The van der Waals surface area contributed by atoms with Crippen LogP contribution in [0.5, 0.6) is 0 Å². The van der Waals surface area contributed by atoms with Crippen LogP contribution in [0.4, 0.5) is 13.2 Å². The van der Waals surface area contributed by atoms with Crippen molar-refractivity contribution >= 4 is 17.4 Å². The highest BCUT2D eigenvalue weighted by Gasteiger charge is 2.33. The molecule has 0 aliphatic rings. The Morgan fingerprint density at radius 3 is 2.25 bits per heavy atom. The molecule has 1 heterocycles. The van der Waals surface area contributed by atoms with Gasteiger partial charge in [0.2, 0.25) is 0 Å². The Morgan fingerprint density at radius 2 is 1.64 bits per heavy atom. The van der Waals surface area contributed by atoms with Crippen molar-refractivity contribution in [2.75, 3.05) is 0 Å². The van der Waals surface area contributed by atoms with Crippen LogP contribution in [-0.4, -0.2) is 10.8 Å². The number of nitrogens with zero attached hydrogens (tertiary/aromatic N) is 1. The maximum Gasteiger partial charge on any atom is 0.433 e. The number of halogens is 4. The Labute approximate surface area is 166 Å². The number of Topliss-reactive ketones (excluding diaryl/α,β-unsaturated/α-hetero) is 1. The van der Waals surface area contributed by atoms with Crippen molar-refractivity contribution in [2.24, 2.45) is 0 Å². The molecule has 3 rings (SSSR count). The summed E-state index contributed by atoms with van der Waals surface area (Å²) in [5, 5.41) is 0.430. The molecule has 2 nitrogen and oxygen atoms in total. The molecule has 0 N–H and O–H groups in total. The number of aromatic nitrogens is 1. The van der Waals surface area contributed by atoms with Crippen molar-refractivity contribution in [1.29, 1.82) is 0 Å². The number of pyridine rings is 1. The fourth-order valence-corrected chi connectivity index (χ4v) is 3.12. The van der Waals surface area contributed by atoms with Crippen molar-refractivity contribution < 1.29 is 18.0 Å². The van der Waals surface area contributed by atoms with E-state index in [0.717, 1.165) is 17.2 Å². The quantitative estimate of drug-likeness (QED) is 0.512. The minimum Gasteiger partial charge on any atom is -0.300 e. The Hall–Kier alpha value is -2.66. The Balaban J connectivity index is 1.96. The number of benzene rings is 2.